The molecule has 0 unspecified atom stereocenters. The first-order chi connectivity index (χ1) is 13.1. The highest BCUT2D eigenvalue weighted by Crippen LogP contribution is 2.36. The second kappa shape index (κ2) is 7.90. The number of carbonyl (C=O) groups is 2. The zero-order chi connectivity index (χ0) is 18.8. The van der Waals surface area contributed by atoms with Crippen molar-refractivity contribution in [2.45, 2.75) is 25.7 Å². The molecule has 0 radical (unpaired) electrons. The van der Waals surface area contributed by atoms with Crippen molar-refractivity contribution in [1.82, 2.24) is 9.80 Å². The monoisotopic (exact) mass is 404 g/mol. The lowest BCUT2D eigenvalue weighted by molar-refractivity contribution is -0.130. The maximum Gasteiger partial charge on any atom is 0.266 e. The van der Waals surface area contributed by atoms with Gasteiger partial charge in [0.2, 0.25) is 12.7 Å². The topological polar surface area (TPSA) is 59.1 Å². The van der Waals surface area contributed by atoms with E-state index in [0.29, 0.717) is 40.1 Å². The molecule has 27 heavy (non-hydrogen) atoms. The third-order valence-electron chi connectivity index (χ3n) is 4.80. The number of thioether (sulfide) groups is 1. The predicted octanol–water partition coefficient (Wildman–Crippen LogP) is 3.02. The van der Waals surface area contributed by atoms with Crippen LogP contribution in [0.1, 0.15) is 31.2 Å². The van der Waals surface area contributed by atoms with Gasteiger partial charge in [-0.3, -0.25) is 14.5 Å². The number of ether oxygens (including phenoxy) is 2. The molecule has 2 amide bonds. The molecule has 3 aliphatic heterocycles. The molecule has 4 rings (SSSR count). The van der Waals surface area contributed by atoms with Gasteiger partial charge in [-0.2, -0.15) is 0 Å². The van der Waals surface area contributed by atoms with Gasteiger partial charge in [0, 0.05) is 26.1 Å². The van der Waals surface area contributed by atoms with Crippen LogP contribution in [-0.4, -0.2) is 52.4 Å². The van der Waals surface area contributed by atoms with Gasteiger partial charge in [-0.05, 0) is 43.0 Å². The summed E-state index contributed by atoms with van der Waals surface area (Å²) < 4.78 is 11.2. The van der Waals surface area contributed by atoms with Crippen molar-refractivity contribution in [3.05, 3.63) is 28.7 Å². The minimum absolute atomic E-state index is 0.101. The van der Waals surface area contributed by atoms with Crippen LogP contribution in [0.4, 0.5) is 0 Å². The van der Waals surface area contributed by atoms with Gasteiger partial charge in [-0.25, -0.2) is 0 Å². The van der Waals surface area contributed by atoms with Crippen LogP contribution in [-0.2, 0) is 9.59 Å². The summed E-state index contributed by atoms with van der Waals surface area (Å²) >= 11 is 6.66. The highest BCUT2D eigenvalue weighted by molar-refractivity contribution is 8.26. The summed E-state index contributed by atoms with van der Waals surface area (Å²) in [5, 5.41) is 0. The molecule has 0 atom stereocenters. The Bertz CT molecular complexity index is 818. The van der Waals surface area contributed by atoms with Crippen LogP contribution in [0.25, 0.3) is 6.08 Å². The highest BCUT2D eigenvalue weighted by Gasteiger charge is 2.32. The summed E-state index contributed by atoms with van der Waals surface area (Å²) in [6.45, 7) is 2.41. The van der Waals surface area contributed by atoms with E-state index in [1.54, 1.807) is 4.90 Å². The maximum absolute atomic E-state index is 12.7. The first-order valence-corrected chi connectivity index (χ1v) is 10.3. The van der Waals surface area contributed by atoms with Crippen molar-refractivity contribution < 1.29 is 19.1 Å². The van der Waals surface area contributed by atoms with E-state index in [4.69, 9.17) is 21.7 Å². The van der Waals surface area contributed by atoms with Crippen molar-refractivity contribution in [3.8, 4) is 11.5 Å². The average molecular weight is 405 g/mol. The third kappa shape index (κ3) is 3.96. The van der Waals surface area contributed by atoms with Crippen LogP contribution in [0.2, 0.25) is 0 Å². The molecule has 0 aromatic heterocycles. The lowest BCUT2D eigenvalue weighted by Gasteiger charge is -2.17. The van der Waals surface area contributed by atoms with Crippen molar-refractivity contribution >= 4 is 46.2 Å². The number of hydrogen-bond donors (Lipinski definition) is 0. The second-order valence-electron chi connectivity index (χ2n) is 6.64. The number of likely N-dealkylation sites (tertiary alicyclic amines) is 1. The van der Waals surface area contributed by atoms with Crippen LogP contribution in [0.3, 0.4) is 0 Å². The van der Waals surface area contributed by atoms with E-state index in [0.717, 1.165) is 31.5 Å². The molecule has 3 heterocycles. The van der Waals surface area contributed by atoms with Gasteiger partial charge in [0.25, 0.3) is 5.91 Å². The molecule has 2 fully saturated rings. The first-order valence-electron chi connectivity index (χ1n) is 9.04. The van der Waals surface area contributed by atoms with Gasteiger partial charge in [0.15, 0.2) is 11.5 Å². The Morgan fingerprint density at radius 2 is 2.00 bits per heavy atom. The normalized spacial score (nSPS) is 20.2. The summed E-state index contributed by atoms with van der Waals surface area (Å²) in [6.07, 6.45) is 5.07. The van der Waals surface area contributed by atoms with Crippen LogP contribution < -0.4 is 9.47 Å². The Hall–Kier alpha value is -2.06. The zero-order valence-electron chi connectivity index (χ0n) is 14.8. The molecule has 8 heteroatoms. The van der Waals surface area contributed by atoms with E-state index in [1.165, 1.54) is 11.8 Å². The van der Waals surface area contributed by atoms with E-state index < -0.39 is 0 Å². The smallest absolute Gasteiger partial charge is 0.266 e. The van der Waals surface area contributed by atoms with E-state index >= 15 is 0 Å². The lowest BCUT2D eigenvalue weighted by Crippen LogP contribution is -2.31. The number of carbonyl (C=O) groups excluding carboxylic acids is 2. The van der Waals surface area contributed by atoms with Crippen LogP contribution in [0.15, 0.2) is 23.1 Å². The van der Waals surface area contributed by atoms with Gasteiger partial charge >= 0.3 is 0 Å². The molecule has 2 saturated heterocycles. The molecular formula is C19H20N2O4S2. The van der Waals surface area contributed by atoms with Gasteiger partial charge in [0.05, 0.1) is 4.91 Å². The van der Waals surface area contributed by atoms with Crippen molar-refractivity contribution in [1.29, 1.82) is 0 Å². The summed E-state index contributed by atoms with van der Waals surface area (Å²) in [5.74, 6) is 1.46. The number of benzene rings is 1. The highest BCUT2D eigenvalue weighted by atomic mass is 32.2. The third-order valence-corrected chi connectivity index (χ3v) is 6.18. The summed E-state index contributed by atoms with van der Waals surface area (Å²) in [6, 6.07) is 5.57. The molecule has 3 aliphatic rings. The molecule has 0 spiro atoms. The van der Waals surface area contributed by atoms with Crippen LogP contribution in [0, 0.1) is 0 Å². The maximum atomic E-state index is 12.7. The molecule has 0 bridgehead atoms. The zero-order valence-corrected chi connectivity index (χ0v) is 16.4. The number of amides is 2. The Balaban J connectivity index is 1.36. The van der Waals surface area contributed by atoms with E-state index in [-0.39, 0.29) is 18.6 Å². The number of hydrogen-bond acceptors (Lipinski definition) is 6. The molecule has 0 saturated carbocycles. The molecule has 0 N–H and O–H groups in total. The fourth-order valence-corrected chi connectivity index (χ4v) is 4.67. The predicted molar refractivity (Wildman–Crippen MR) is 107 cm³/mol. The summed E-state index contributed by atoms with van der Waals surface area (Å²) in [4.78, 5) is 28.9. The number of nitrogens with zero attached hydrogens (tertiary/aromatic N) is 2. The van der Waals surface area contributed by atoms with Gasteiger partial charge in [0.1, 0.15) is 4.32 Å². The number of rotatable bonds is 5. The summed E-state index contributed by atoms with van der Waals surface area (Å²) in [7, 11) is 0. The largest absolute Gasteiger partial charge is 0.454 e. The number of thiocarbonyl (C=S) groups is 1. The van der Waals surface area contributed by atoms with Crippen molar-refractivity contribution in [3.63, 3.8) is 0 Å². The molecule has 6 nitrogen and oxygen atoms in total. The van der Waals surface area contributed by atoms with E-state index in [1.807, 2.05) is 29.2 Å². The Morgan fingerprint density at radius 3 is 2.81 bits per heavy atom. The van der Waals surface area contributed by atoms with E-state index in [2.05, 4.69) is 0 Å². The minimum atomic E-state index is -0.101. The standard InChI is InChI=1S/C19H20N2O4S2/c22-17(20-7-1-2-8-20)4-3-9-21-18(23)16(27-19(21)26)11-13-5-6-14-15(10-13)25-12-24-14/h5-6,10-11H,1-4,7-9,12H2. The Kier molecular flexibility index (Phi) is 5.36. The van der Waals surface area contributed by atoms with Crippen LogP contribution in [0.5, 0.6) is 11.5 Å². The minimum Gasteiger partial charge on any atom is -0.454 e. The summed E-state index contributed by atoms with van der Waals surface area (Å²) in [5.41, 5.74) is 0.865. The fourth-order valence-electron chi connectivity index (χ4n) is 3.36. The van der Waals surface area contributed by atoms with Gasteiger partial charge < -0.3 is 14.4 Å². The molecule has 1 aromatic rings. The molecule has 142 valence electrons. The Morgan fingerprint density at radius 1 is 1.22 bits per heavy atom. The average Bonchev–Trinajstić information content (AvgIpc) is 3.38. The molecule has 1 aromatic carbocycles. The quantitative estimate of drug-likeness (QED) is 0.555. The first kappa shape index (κ1) is 18.3. The SMILES string of the molecule is O=C(CCCN1C(=O)C(=Cc2ccc3c(c2)OCO3)SC1=S)N1CCCC1. The fraction of sp³-hybridized carbons (Fsp3) is 0.421. The van der Waals surface area contributed by atoms with Crippen molar-refractivity contribution in [2.75, 3.05) is 26.4 Å². The second-order valence-corrected chi connectivity index (χ2v) is 8.31. The van der Waals surface area contributed by atoms with E-state index in [9.17, 15) is 9.59 Å². The van der Waals surface area contributed by atoms with Crippen molar-refractivity contribution in [2.24, 2.45) is 0 Å². The lowest BCUT2D eigenvalue weighted by atomic mass is 10.2. The van der Waals surface area contributed by atoms with Gasteiger partial charge in [-0.15, -0.1) is 0 Å². The number of fused-ring (bicyclic) bond motifs is 1. The van der Waals surface area contributed by atoms with Gasteiger partial charge in [-0.1, -0.05) is 30.0 Å². The van der Waals surface area contributed by atoms with Crippen LogP contribution >= 0.6 is 24.0 Å². The Labute approximate surface area is 167 Å². The molecule has 0 aliphatic carbocycles. The molecular weight excluding hydrogens is 384 g/mol.